The van der Waals surface area contributed by atoms with E-state index in [9.17, 15) is 5.11 Å². The molecule has 6 nitrogen and oxygen atoms in total. The Morgan fingerprint density at radius 1 is 1.11 bits per heavy atom. The highest BCUT2D eigenvalue weighted by molar-refractivity contribution is 5.88. The van der Waals surface area contributed by atoms with Crippen LogP contribution in [0, 0.1) is 0 Å². The zero-order chi connectivity index (χ0) is 25.4. The van der Waals surface area contributed by atoms with Crippen molar-refractivity contribution in [2.45, 2.75) is 43.1 Å². The summed E-state index contributed by atoms with van der Waals surface area (Å²) in [5.74, 6) is -1.69. The molecule has 4 aromatic rings. The summed E-state index contributed by atoms with van der Waals surface area (Å²) in [6.07, 6.45) is 6.90. The van der Waals surface area contributed by atoms with Gasteiger partial charge < -0.3 is 15.6 Å². The second-order valence-electron chi connectivity index (χ2n) is 10.4. The highest BCUT2D eigenvalue weighted by Crippen LogP contribution is 2.49. The monoisotopic (exact) mass is 500 g/mol. The fraction of sp³-hybridized carbons (Fsp3) is 0.310. The molecule has 2 bridgehead atoms. The number of benzene rings is 2. The molecule has 0 atom stereocenters. The first kappa shape index (κ1) is 22.6. The summed E-state index contributed by atoms with van der Waals surface area (Å²) < 4.78 is 38.8. The minimum Gasteiger partial charge on any atom is -0.393 e. The Morgan fingerprint density at radius 3 is 2.57 bits per heavy atom. The molecule has 0 amide bonds. The second-order valence-corrected chi connectivity index (χ2v) is 10.4. The molecule has 8 rings (SSSR count). The number of imidazole rings is 1. The predicted octanol–water partition coefficient (Wildman–Crippen LogP) is 5.30. The summed E-state index contributed by atoms with van der Waals surface area (Å²) in [5.41, 5.74) is 10.8. The van der Waals surface area contributed by atoms with Gasteiger partial charge >= 0.3 is 0 Å². The molecule has 4 heterocycles. The molecule has 2 aliphatic heterocycles. The van der Waals surface area contributed by atoms with Crippen molar-refractivity contribution >= 4 is 16.9 Å². The third kappa shape index (κ3) is 3.50. The number of hydrogen-bond donors (Lipinski definition) is 2. The molecule has 0 unspecified atom stereocenters. The lowest BCUT2D eigenvalue weighted by Gasteiger charge is -2.47. The van der Waals surface area contributed by atoms with Gasteiger partial charge in [0, 0.05) is 47.5 Å². The minimum atomic E-state index is -3.11. The Kier molecular flexibility index (Phi) is 4.84. The molecule has 2 aromatic heterocycles. The number of fused-ring (bicyclic) bond motifs is 3. The first-order valence-electron chi connectivity index (χ1n) is 12.6. The molecule has 4 aliphatic rings. The van der Waals surface area contributed by atoms with Gasteiger partial charge in [0.1, 0.15) is 22.9 Å². The number of nitrogens with two attached hydrogens (primary N) is 1. The first-order chi connectivity index (χ1) is 17.9. The van der Waals surface area contributed by atoms with E-state index in [0.29, 0.717) is 53.8 Å². The quantitative estimate of drug-likeness (QED) is 0.375. The topological polar surface area (TPSA) is 85.7 Å². The summed E-state index contributed by atoms with van der Waals surface area (Å²) in [5, 5.41) is 9.65. The maximum absolute atomic E-state index is 15.5. The highest BCUT2D eigenvalue weighted by atomic mass is 19.3. The minimum absolute atomic E-state index is 0.00388. The smallest absolute Gasteiger partial charge is 0.298 e. The van der Waals surface area contributed by atoms with Gasteiger partial charge in [0.05, 0.1) is 18.8 Å². The number of nitrogen functional groups attached to an aromatic ring is 1. The van der Waals surface area contributed by atoms with E-state index in [1.54, 1.807) is 36.7 Å². The van der Waals surface area contributed by atoms with E-state index in [2.05, 4.69) is 4.98 Å². The Bertz CT molecular complexity index is 1560. The van der Waals surface area contributed by atoms with Gasteiger partial charge in [0.2, 0.25) is 0 Å². The Morgan fingerprint density at radius 2 is 1.89 bits per heavy atom. The number of anilines is 1. The maximum atomic E-state index is 15.5. The number of hydrogen-bond acceptors (Lipinski definition) is 5. The van der Waals surface area contributed by atoms with Gasteiger partial charge in [-0.25, -0.2) is 9.97 Å². The third-order valence-corrected chi connectivity index (χ3v) is 7.98. The molecule has 2 aliphatic carbocycles. The average Bonchev–Trinajstić information content (AvgIpc) is 3.69. The van der Waals surface area contributed by atoms with Crippen molar-refractivity contribution in [1.29, 1.82) is 0 Å². The largest absolute Gasteiger partial charge is 0.393 e. The molecule has 0 spiro atoms. The van der Waals surface area contributed by atoms with E-state index < -0.39 is 11.5 Å². The fourth-order valence-electron chi connectivity index (χ4n) is 5.64. The summed E-state index contributed by atoms with van der Waals surface area (Å²) >= 11 is 0. The van der Waals surface area contributed by atoms with Gasteiger partial charge in [-0.1, -0.05) is 48.0 Å². The SMILES string of the molecule is Nc1nccn2c(C3=C4CC(CO)(C4)OC3)nc(-c3ccc(C(F)(F)c4cccc(C5CC5)c4)cc3)c12. The number of aliphatic hydroxyl groups is 1. The van der Waals surface area contributed by atoms with Crippen LogP contribution in [0.15, 0.2) is 66.5 Å². The predicted molar refractivity (Wildman–Crippen MR) is 136 cm³/mol. The molecule has 2 fully saturated rings. The fourth-order valence-corrected chi connectivity index (χ4v) is 5.64. The molecule has 37 heavy (non-hydrogen) atoms. The summed E-state index contributed by atoms with van der Waals surface area (Å²) in [7, 11) is 0. The molecule has 2 aromatic carbocycles. The molecular formula is C29H26F2N4O2. The number of halogens is 2. The zero-order valence-corrected chi connectivity index (χ0v) is 20.1. The van der Waals surface area contributed by atoms with E-state index in [-0.39, 0.29) is 17.7 Å². The lowest BCUT2D eigenvalue weighted by atomic mass is 9.71. The molecule has 0 saturated heterocycles. The highest BCUT2D eigenvalue weighted by Gasteiger charge is 2.47. The van der Waals surface area contributed by atoms with Crippen molar-refractivity contribution in [2.24, 2.45) is 0 Å². The van der Waals surface area contributed by atoms with Crippen molar-refractivity contribution in [3.8, 4) is 11.3 Å². The van der Waals surface area contributed by atoms with Gasteiger partial charge in [-0.05, 0) is 30.4 Å². The van der Waals surface area contributed by atoms with Crippen molar-refractivity contribution in [3.63, 3.8) is 0 Å². The van der Waals surface area contributed by atoms with Crippen LogP contribution in [0.2, 0.25) is 0 Å². The van der Waals surface area contributed by atoms with Crippen LogP contribution in [0.4, 0.5) is 14.6 Å². The van der Waals surface area contributed by atoms with Gasteiger partial charge in [0.15, 0.2) is 0 Å². The van der Waals surface area contributed by atoms with Crippen LogP contribution in [0.1, 0.15) is 54.1 Å². The standard InChI is InChI=1S/C29H26F2N4O2/c30-29(31,22-3-1-2-19(12-22)17-4-5-17)21-8-6-18(7-9-21)24-25-26(32)33-10-11-35(25)27(34-24)23-15-37-28(16-36)13-20(23)14-28/h1-3,6-12,17,36H,4-5,13-16H2,(H2,32,33). The van der Waals surface area contributed by atoms with Gasteiger partial charge in [0.25, 0.3) is 5.92 Å². The summed E-state index contributed by atoms with van der Waals surface area (Å²) in [6.45, 7) is 0.345. The van der Waals surface area contributed by atoms with Crippen molar-refractivity contribution in [1.82, 2.24) is 14.4 Å². The average molecular weight is 501 g/mol. The molecule has 8 heteroatoms. The lowest BCUT2D eigenvalue weighted by Crippen LogP contribution is -2.49. The van der Waals surface area contributed by atoms with Crippen LogP contribution in [0.3, 0.4) is 0 Å². The van der Waals surface area contributed by atoms with Crippen LogP contribution in [0.25, 0.3) is 22.3 Å². The number of aliphatic hydroxyl groups excluding tert-OH is 1. The lowest BCUT2D eigenvalue weighted by molar-refractivity contribution is -0.103. The number of alkyl halides is 2. The second kappa shape index (κ2) is 7.94. The van der Waals surface area contributed by atoms with Crippen LogP contribution < -0.4 is 5.73 Å². The number of rotatable bonds is 6. The summed E-state index contributed by atoms with van der Waals surface area (Å²) in [4.78, 5) is 9.16. The van der Waals surface area contributed by atoms with E-state index in [0.717, 1.165) is 24.0 Å². The van der Waals surface area contributed by atoms with Crippen molar-refractivity contribution < 1.29 is 18.6 Å². The third-order valence-electron chi connectivity index (χ3n) is 7.98. The molecule has 2 saturated carbocycles. The Balaban J connectivity index is 1.27. The molecule has 188 valence electrons. The van der Waals surface area contributed by atoms with Gasteiger partial charge in [-0.15, -0.1) is 0 Å². The van der Waals surface area contributed by atoms with E-state index >= 15 is 8.78 Å². The number of ether oxygens (including phenoxy) is 1. The first-order valence-corrected chi connectivity index (χ1v) is 12.6. The zero-order valence-electron chi connectivity index (χ0n) is 20.1. The summed E-state index contributed by atoms with van der Waals surface area (Å²) in [6, 6.07) is 13.0. The van der Waals surface area contributed by atoms with E-state index in [4.69, 9.17) is 15.5 Å². The number of aromatic nitrogens is 3. The van der Waals surface area contributed by atoms with E-state index in [1.807, 2.05) is 10.5 Å². The van der Waals surface area contributed by atoms with E-state index in [1.165, 1.54) is 23.8 Å². The normalized spacial score (nSPS) is 18.8. The van der Waals surface area contributed by atoms with Gasteiger partial charge in [-0.3, -0.25) is 4.40 Å². The van der Waals surface area contributed by atoms with Gasteiger partial charge in [-0.2, -0.15) is 8.78 Å². The Hall–Kier alpha value is -3.62. The Labute approximate surface area is 212 Å². The molecular weight excluding hydrogens is 474 g/mol. The van der Waals surface area contributed by atoms with Crippen LogP contribution in [-0.4, -0.2) is 38.3 Å². The maximum Gasteiger partial charge on any atom is 0.298 e. The van der Waals surface area contributed by atoms with Crippen LogP contribution in [0.5, 0.6) is 0 Å². The number of nitrogens with zero attached hydrogens (tertiary/aromatic N) is 3. The molecule has 0 radical (unpaired) electrons. The van der Waals surface area contributed by atoms with Crippen molar-refractivity contribution in [2.75, 3.05) is 18.9 Å². The van der Waals surface area contributed by atoms with Crippen LogP contribution in [-0.2, 0) is 10.7 Å². The van der Waals surface area contributed by atoms with Crippen LogP contribution >= 0.6 is 0 Å². The molecule has 3 N–H and O–H groups in total. The van der Waals surface area contributed by atoms with Crippen molar-refractivity contribution in [3.05, 3.63) is 89.0 Å².